The monoisotopic (exact) mass is 419 g/mol. The van der Waals surface area contributed by atoms with Crippen LogP contribution in [0.2, 0.25) is 5.02 Å². The summed E-state index contributed by atoms with van der Waals surface area (Å²) in [6.07, 6.45) is 5.15. The molecular weight excluding hydrogens is 386 g/mol. The number of ether oxygens (including phenoxy) is 1. The number of hydrogen-bond donors (Lipinski definition) is 2. The molecule has 3 fully saturated rings. The Hall–Kier alpha value is -1.66. The Kier molecular flexibility index (Phi) is 6.70. The van der Waals surface area contributed by atoms with Crippen LogP contribution in [0.3, 0.4) is 0 Å². The minimum atomic E-state index is 0.364. The first-order valence-electron chi connectivity index (χ1n) is 11.0. The van der Waals surface area contributed by atoms with Crippen LogP contribution >= 0.6 is 11.6 Å². The van der Waals surface area contributed by atoms with Gasteiger partial charge in [0.2, 0.25) is 0 Å². The van der Waals surface area contributed by atoms with Crippen molar-refractivity contribution in [2.45, 2.75) is 44.7 Å². The average Bonchev–Trinajstić information content (AvgIpc) is 3.28. The number of guanidine groups is 1. The van der Waals surface area contributed by atoms with Gasteiger partial charge in [0, 0.05) is 49.8 Å². The Labute approximate surface area is 179 Å². The van der Waals surface area contributed by atoms with E-state index < -0.39 is 0 Å². The molecule has 1 aromatic carbocycles. The van der Waals surface area contributed by atoms with E-state index >= 15 is 0 Å². The van der Waals surface area contributed by atoms with Crippen LogP contribution in [0.15, 0.2) is 23.2 Å². The van der Waals surface area contributed by atoms with E-state index in [2.05, 4.69) is 27.4 Å². The van der Waals surface area contributed by atoms with Gasteiger partial charge in [0.05, 0.1) is 12.8 Å². The summed E-state index contributed by atoms with van der Waals surface area (Å²) in [7, 11) is 1.71. The SMILES string of the molecule is CCNC(=NCC1CCN(C2CC2)C1)NC1CCN(c2cc(Cl)ccc2OC)C1. The predicted molar refractivity (Wildman–Crippen MR) is 120 cm³/mol. The third kappa shape index (κ3) is 5.28. The fraction of sp³-hybridized carbons (Fsp3) is 0.682. The first-order valence-corrected chi connectivity index (χ1v) is 11.4. The predicted octanol–water partition coefficient (Wildman–Crippen LogP) is 2.97. The number of hydrogen-bond acceptors (Lipinski definition) is 4. The smallest absolute Gasteiger partial charge is 0.191 e. The molecule has 160 valence electrons. The molecular formula is C22H34ClN5O. The molecule has 2 heterocycles. The number of benzene rings is 1. The number of rotatable bonds is 7. The molecule has 2 unspecified atom stereocenters. The molecule has 6 nitrogen and oxygen atoms in total. The molecule has 0 bridgehead atoms. The molecule has 1 saturated carbocycles. The van der Waals surface area contributed by atoms with Crippen LogP contribution in [0.1, 0.15) is 32.6 Å². The second-order valence-electron chi connectivity index (χ2n) is 8.49. The van der Waals surface area contributed by atoms with Crippen molar-refractivity contribution < 1.29 is 4.74 Å². The number of halogens is 1. The Morgan fingerprint density at radius 3 is 2.83 bits per heavy atom. The van der Waals surface area contributed by atoms with Crippen molar-refractivity contribution in [2.24, 2.45) is 10.9 Å². The van der Waals surface area contributed by atoms with Crippen LogP contribution in [0.5, 0.6) is 5.75 Å². The van der Waals surface area contributed by atoms with Crippen LogP contribution in [0, 0.1) is 5.92 Å². The molecule has 1 aliphatic carbocycles. The molecule has 0 radical (unpaired) electrons. The average molecular weight is 420 g/mol. The lowest BCUT2D eigenvalue weighted by Crippen LogP contribution is -2.45. The van der Waals surface area contributed by atoms with Crippen molar-refractivity contribution >= 4 is 23.2 Å². The summed E-state index contributed by atoms with van der Waals surface area (Å²) >= 11 is 6.22. The van der Waals surface area contributed by atoms with E-state index in [1.807, 2.05) is 18.2 Å². The lowest BCUT2D eigenvalue weighted by atomic mass is 10.1. The zero-order valence-corrected chi connectivity index (χ0v) is 18.4. The number of likely N-dealkylation sites (tertiary alicyclic amines) is 1. The van der Waals surface area contributed by atoms with E-state index in [0.717, 1.165) is 61.1 Å². The highest BCUT2D eigenvalue weighted by Crippen LogP contribution is 2.33. The Bertz CT molecular complexity index is 723. The third-order valence-corrected chi connectivity index (χ3v) is 6.48. The maximum absolute atomic E-state index is 6.22. The topological polar surface area (TPSA) is 52.1 Å². The highest BCUT2D eigenvalue weighted by molar-refractivity contribution is 6.30. The van der Waals surface area contributed by atoms with E-state index in [4.69, 9.17) is 21.3 Å². The van der Waals surface area contributed by atoms with Crippen LogP contribution < -0.4 is 20.3 Å². The van der Waals surface area contributed by atoms with Crippen molar-refractivity contribution in [3.63, 3.8) is 0 Å². The first kappa shape index (κ1) is 20.6. The van der Waals surface area contributed by atoms with Gasteiger partial charge < -0.3 is 25.2 Å². The summed E-state index contributed by atoms with van der Waals surface area (Å²) < 4.78 is 5.53. The minimum absolute atomic E-state index is 0.364. The zero-order valence-electron chi connectivity index (χ0n) is 17.7. The van der Waals surface area contributed by atoms with Gasteiger partial charge in [-0.3, -0.25) is 4.99 Å². The fourth-order valence-electron chi connectivity index (χ4n) is 4.52. The molecule has 0 aromatic heterocycles. The molecule has 3 aliphatic rings. The lowest BCUT2D eigenvalue weighted by Gasteiger charge is -2.22. The normalized spacial score (nSPS) is 25.5. The quantitative estimate of drug-likeness (QED) is 0.525. The third-order valence-electron chi connectivity index (χ3n) is 6.24. The number of nitrogens with one attached hydrogen (secondary N) is 2. The summed E-state index contributed by atoms with van der Waals surface area (Å²) in [5, 5.41) is 7.82. The molecule has 7 heteroatoms. The fourth-order valence-corrected chi connectivity index (χ4v) is 4.69. The second kappa shape index (κ2) is 9.43. The molecule has 0 spiro atoms. The molecule has 4 rings (SSSR count). The number of nitrogens with zero attached hydrogens (tertiary/aromatic N) is 3. The van der Waals surface area contributed by atoms with Crippen molar-refractivity contribution in [2.75, 3.05) is 51.3 Å². The van der Waals surface area contributed by atoms with E-state index in [-0.39, 0.29) is 0 Å². The Morgan fingerprint density at radius 2 is 2.07 bits per heavy atom. The second-order valence-corrected chi connectivity index (χ2v) is 8.93. The van der Waals surface area contributed by atoms with Gasteiger partial charge in [-0.05, 0) is 63.3 Å². The summed E-state index contributed by atoms with van der Waals surface area (Å²) in [4.78, 5) is 9.93. The minimum Gasteiger partial charge on any atom is -0.495 e. The summed E-state index contributed by atoms with van der Waals surface area (Å²) in [5.41, 5.74) is 1.07. The van der Waals surface area contributed by atoms with E-state index in [1.165, 1.54) is 32.4 Å². The van der Waals surface area contributed by atoms with Crippen LogP contribution in [0.4, 0.5) is 5.69 Å². The van der Waals surface area contributed by atoms with Crippen molar-refractivity contribution in [1.29, 1.82) is 0 Å². The highest BCUT2D eigenvalue weighted by Gasteiger charge is 2.34. The summed E-state index contributed by atoms with van der Waals surface area (Å²) in [6, 6.07) is 7.05. The van der Waals surface area contributed by atoms with Gasteiger partial charge >= 0.3 is 0 Å². The van der Waals surface area contributed by atoms with Crippen LogP contribution in [-0.2, 0) is 0 Å². The van der Waals surface area contributed by atoms with Gasteiger partial charge in [0.25, 0.3) is 0 Å². The van der Waals surface area contributed by atoms with Gasteiger partial charge in [-0.15, -0.1) is 0 Å². The molecule has 1 aromatic rings. The van der Waals surface area contributed by atoms with Crippen LogP contribution in [-0.4, -0.2) is 69.3 Å². The van der Waals surface area contributed by atoms with Gasteiger partial charge in [0.15, 0.2) is 5.96 Å². The number of methoxy groups -OCH3 is 1. The van der Waals surface area contributed by atoms with Gasteiger partial charge in [0.1, 0.15) is 5.75 Å². The van der Waals surface area contributed by atoms with Crippen molar-refractivity contribution in [1.82, 2.24) is 15.5 Å². The van der Waals surface area contributed by atoms with E-state index in [1.54, 1.807) is 7.11 Å². The molecule has 2 N–H and O–H groups in total. The molecule has 0 amide bonds. The van der Waals surface area contributed by atoms with Crippen molar-refractivity contribution in [3.8, 4) is 5.75 Å². The van der Waals surface area contributed by atoms with Gasteiger partial charge in [-0.2, -0.15) is 0 Å². The maximum atomic E-state index is 6.22. The van der Waals surface area contributed by atoms with E-state index in [9.17, 15) is 0 Å². The summed E-state index contributed by atoms with van der Waals surface area (Å²) in [5.74, 6) is 2.52. The highest BCUT2D eigenvalue weighted by atomic mass is 35.5. The molecule has 2 aliphatic heterocycles. The van der Waals surface area contributed by atoms with Gasteiger partial charge in [-0.1, -0.05) is 11.6 Å². The van der Waals surface area contributed by atoms with Crippen LogP contribution in [0.25, 0.3) is 0 Å². The summed E-state index contributed by atoms with van der Waals surface area (Å²) in [6.45, 7) is 8.29. The molecule has 2 atom stereocenters. The number of aliphatic imine (C=N–C) groups is 1. The zero-order chi connectivity index (χ0) is 20.2. The molecule has 29 heavy (non-hydrogen) atoms. The Morgan fingerprint density at radius 1 is 1.21 bits per heavy atom. The maximum Gasteiger partial charge on any atom is 0.191 e. The largest absolute Gasteiger partial charge is 0.495 e. The molecule has 2 saturated heterocycles. The number of anilines is 1. The Balaban J connectivity index is 1.32. The van der Waals surface area contributed by atoms with Crippen molar-refractivity contribution in [3.05, 3.63) is 23.2 Å². The van der Waals surface area contributed by atoms with Gasteiger partial charge in [-0.25, -0.2) is 0 Å². The standard InChI is InChI=1S/C22H34ClN5O/c1-3-24-22(25-13-16-8-10-27(14-16)19-5-6-19)26-18-9-11-28(15-18)20-12-17(23)4-7-21(20)29-2/h4,7,12,16,18-19H,3,5-6,8-11,13-15H2,1-2H3,(H2,24,25,26). The first-order chi connectivity index (χ1) is 14.2. The lowest BCUT2D eigenvalue weighted by molar-refractivity contribution is 0.315. The van der Waals surface area contributed by atoms with E-state index in [0.29, 0.717) is 12.0 Å².